The van der Waals surface area contributed by atoms with Gasteiger partial charge >= 0.3 is 0 Å². The number of hydrogen-bond acceptors (Lipinski definition) is 4. The van der Waals surface area contributed by atoms with Crippen LogP contribution in [0.15, 0.2) is 18.2 Å². The van der Waals surface area contributed by atoms with Crippen molar-refractivity contribution in [1.82, 2.24) is 5.01 Å². The Kier molecular flexibility index (Phi) is 3.28. The van der Waals surface area contributed by atoms with Gasteiger partial charge in [0.2, 0.25) is 0 Å². The highest BCUT2D eigenvalue weighted by Gasteiger charge is 2.11. The third-order valence-corrected chi connectivity index (χ3v) is 2.86. The number of nitrogens with zero attached hydrogens (tertiary/aromatic N) is 2. The first-order valence-corrected chi connectivity index (χ1v) is 5.61. The van der Waals surface area contributed by atoms with Crippen molar-refractivity contribution in [3.63, 3.8) is 0 Å². The summed E-state index contributed by atoms with van der Waals surface area (Å²) in [5.41, 5.74) is 11.1. The zero-order valence-electron chi connectivity index (χ0n) is 9.24. The van der Waals surface area contributed by atoms with Gasteiger partial charge in [-0.25, -0.2) is 5.01 Å². The van der Waals surface area contributed by atoms with Gasteiger partial charge in [-0.1, -0.05) is 12.5 Å². The van der Waals surface area contributed by atoms with Gasteiger partial charge in [-0.3, -0.25) is 0 Å². The highest BCUT2D eigenvalue weighted by Crippen LogP contribution is 2.23. The average molecular weight is 216 g/mol. The summed E-state index contributed by atoms with van der Waals surface area (Å²) in [5.74, 6) is 0. The van der Waals surface area contributed by atoms with Crippen LogP contribution in [0.4, 0.5) is 11.4 Å². The van der Waals surface area contributed by atoms with E-state index in [2.05, 4.69) is 16.5 Å². The van der Waals surface area contributed by atoms with E-state index in [-0.39, 0.29) is 0 Å². The van der Waals surface area contributed by atoms with E-state index >= 15 is 0 Å². The lowest BCUT2D eigenvalue weighted by atomic mass is 10.1. The van der Waals surface area contributed by atoms with E-state index in [1.165, 1.54) is 19.3 Å². The van der Waals surface area contributed by atoms with Crippen molar-refractivity contribution < 1.29 is 0 Å². The predicted octanol–water partition coefficient (Wildman–Crippen LogP) is 1.95. The second-order valence-electron chi connectivity index (χ2n) is 4.04. The van der Waals surface area contributed by atoms with E-state index in [0.717, 1.165) is 18.8 Å². The molecule has 1 heterocycles. The van der Waals surface area contributed by atoms with E-state index in [9.17, 15) is 0 Å². The molecule has 0 amide bonds. The van der Waals surface area contributed by atoms with Crippen molar-refractivity contribution in [1.29, 1.82) is 5.26 Å². The van der Waals surface area contributed by atoms with Gasteiger partial charge in [-0.05, 0) is 25.0 Å². The molecule has 0 spiro atoms. The molecule has 16 heavy (non-hydrogen) atoms. The summed E-state index contributed by atoms with van der Waals surface area (Å²) in [6.45, 7) is 2.08. The minimum Gasteiger partial charge on any atom is -0.396 e. The van der Waals surface area contributed by atoms with E-state index < -0.39 is 0 Å². The van der Waals surface area contributed by atoms with Crippen LogP contribution in [0.3, 0.4) is 0 Å². The van der Waals surface area contributed by atoms with Crippen molar-refractivity contribution >= 4 is 11.4 Å². The number of anilines is 2. The van der Waals surface area contributed by atoms with Gasteiger partial charge in [0.1, 0.15) is 6.07 Å². The second kappa shape index (κ2) is 4.86. The molecule has 3 N–H and O–H groups in total. The van der Waals surface area contributed by atoms with Crippen LogP contribution in [0.2, 0.25) is 0 Å². The lowest BCUT2D eigenvalue weighted by Crippen LogP contribution is -2.35. The van der Waals surface area contributed by atoms with Gasteiger partial charge in [-0.2, -0.15) is 5.26 Å². The van der Waals surface area contributed by atoms with Crippen LogP contribution in [0.5, 0.6) is 0 Å². The second-order valence-corrected chi connectivity index (χ2v) is 4.04. The summed E-state index contributed by atoms with van der Waals surface area (Å²) in [4.78, 5) is 0. The maximum absolute atomic E-state index is 8.88. The van der Waals surface area contributed by atoms with Crippen molar-refractivity contribution in [2.45, 2.75) is 19.3 Å². The molecule has 4 nitrogen and oxygen atoms in total. The van der Waals surface area contributed by atoms with Gasteiger partial charge in [0.15, 0.2) is 0 Å². The summed E-state index contributed by atoms with van der Waals surface area (Å²) in [6, 6.07) is 7.58. The van der Waals surface area contributed by atoms with Crippen LogP contribution in [-0.4, -0.2) is 18.1 Å². The van der Waals surface area contributed by atoms with E-state index in [1.54, 1.807) is 6.07 Å². The molecular weight excluding hydrogens is 200 g/mol. The Morgan fingerprint density at radius 1 is 1.25 bits per heavy atom. The van der Waals surface area contributed by atoms with Crippen LogP contribution in [0.25, 0.3) is 0 Å². The number of para-hydroxylation sites is 1. The average Bonchev–Trinajstić information content (AvgIpc) is 2.33. The van der Waals surface area contributed by atoms with E-state index in [4.69, 9.17) is 11.0 Å². The maximum atomic E-state index is 8.88. The van der Waals surface area contributed by atoms with Gasteiger partial charge in [0, 0.05) is 13.1 Å². The van der Waals surface area contributed by atoms with Gasteiger partial charge in [0.25, 0.3) is 0 Å². The molecule has 2 rings (SSSR count). The van der Waals surface area contributed by atoms with Crippen LogP contribution >= 0.6 is 0 Å². The number of benzene rings is 1. The van der Waals surface area contributed by atoms with Gasteiger partial charge in [0.05, 0.1) is 16.9 Å². The van der Waals surface area contributed by atoms with E-state index in [0.29, 0.717) is 11.3 Å². The first kappa shape index (κ1) is 10.8. The van der Waals surface area contributed by atoms with Crippen molar-refractivity contribution in [3.05, 3.63) is 23.8 Å². The molecule has 0 bridgehead atoms. The summed E-state index contributed by atoms with van der Waals surface area (Å²) in [5, 5.41) is 11.0. The van der Waals surface area contributed by atoms with Crippen LogP contribution < -0.4 is 11.2 Å². The van der Waals surface area contributed by atoms with Crippen molar-refractivity contribution in [3.8, 4) is 6.07 Å². The number of hydrogen-bond donors (Lipinski definition) is 2. The fourth-order valence-corrected chi connectivity index (χ4v) is 1.94. The molecule has 1 aliphatic heterocycles. The highest BCUT2D eigenvalue weighted by atomic mass is 15.5. The third-order valence-electron chi connectivity index (χ3n) is 2.86. The Bertz CT molecular complexity index is 402. The standard InChI is InChI=1S/C12H16N4/c13-9-10-5-4-6-11(12(10)14)15-16-7-2-1-3-8-16/h4-6,15H,1-3,7-8,14H2. The molecular formula is C12H16N4. The lowest BCUT2D eigenvalue weighted by Gasteiger charge is -2.28. The normalized spacial score (nSPS) is 16.7. The summed E-state index contributed by atoms with van der Waals surface area (Å²) in [6.07, 6.45) is 3.72. The minimum atomic E-state index is 0.530. The number of nitrogen functional groups attached to an aromatic ring is 1. The predicted molar refractivity (Wildman–Crippen MR) is 64.6 cm³/mol. The fourth-order valence-electron chi connectivity index (χ4n) is 1.94. The molecule has 1 aromatic rings. The zero-order chi connectivity index (χ0) is 11.4. The smallest absolute Gasteiger partial charge is 0.101 e. The molecule has 0 unspecified atom stereocenters. The first-order chi connectivity index (χ1) is 7.81. The molecule has 1 saturated heterocycles. The molecule has 0 aromatic heterocycles. The Balaban J connectivity index is 2.12. The minimum absolute atomic E-state index is 0.530. The Hall–Kier alpha value is -1.73. The molecule has 0 atom stereocenters. The Morgan fingerprint density at radius 3 is 2.69 bits per heavy atom. The molecule has 84 valence electrons. The third kappa shape index (κ3) is 2.26. The monoisotopic (exact) mass is 216 g/mol. The number of nitrogens with one attached hydrogen (secondary N) is 1. The number of rotatable bonds is 2. The quantitative estimate of drug-likeness (QED) is 0.742. The molecule has 0 saturated carbocycles. The summed E-state index contributed by atoms with van der Waals surface area (Å²) in [7, 11) is 0. The van der Waals surface area contributed by atoms with Gasteiger partial charge in [-0.15, -0.1) is 0 Å². The molecule has 1 fully saturated rings. The number of hydrazine groups is 1. The highest BCUT2D eigenvalue weighted by molar-refractivity contribution is 5.72. The van der Waals surface area contributed by atoms with Crippen LogP contribution in [0, 0.1) is 11.3 Å². The summed E-state index contributed by atoms with van der Waals surface area (Å²) < 4.78 is 0. The molecule has 1 aliphatic rings. The van der Waals surface area contributed by atoms with Crippen molar-refractivity contribution in [2.24, 2.45) is 0 Å². The summed E-state index contributed by atoms with van der Waals surface area (Å²) >= 11 is 0. The largest absolute Gasteiger partial charge is 0.396 e. The lowest BCUT2D eigenvalue weighted by molar-refractivity contribution is 0.273. The molecule has 1 aromatic carbocycles. The Morgan fingerprint density at radius 2 is 2.00 bits per heavy atom. The molecule has 4 heteroatoms. The maximum Gasteiger partial charge on any atom is 0.101 e. The first-order valence-electron chi connectivity index (χ1n) is 5.61. The number of nitrogens with two attached hydrogens (primary N) is 1. The van der Waals surface area contributed by atoms with Crippen LogP contribution in [-0.2, 0) is 0 Å². The SMILES string of the molecule is N#Cc1cccc(NN2CCCCC2)c1N. The van der Waals surface area contributed by atoms with Gasteiger partial charge < -0.3 is 11.2 Å². The topological polar surface area (TPSA) is 65.1 Å². The zero-order valence-corrected chi connectivity index (χ0v) is 9.24. The molecule has 0 aliphatic carbocycles. The van der Waals surface area contributed by atoms with Crippen LogP contribution in [0.1, 0.15) is 24.8 Å². The Labute approximate surface area is 95.6 Å². The molecule has 0 radical (unpaired) electrons. The van der Waals surface area contributed by atoms with E-state index in [1.807, 2.05) is 12.1 Å². The fraction of sp³-hybridized carbons (Fsp3) is 0.417. The number of nitriles is 1. The number of piperidine rings is 1. The van der Waals surface area contributed by atoms with Crippen molar-refractivity contribution in [2.75, 3.05) is 24.2 Å².